The van der Waals surface area contributed by atoms with Gasteiger partial charge in [0.1, 0.15) is 5.75 Å². The first-order valence-electron chi connectivity index (χ1n) is 8.90. The summed E-state index contributed by atoms with van der Waals surface area (Å²) in [4.78, 5) is 38.1. The number of aryl methyl sites for hydroxylation is 1. The van der Waals surface area contributed by atoms with Crippen LogP contribution in [-0.4, -0.2) is 41.6 Å². The number of carbonyl (C=O) groups excluding carboxylic acids is 3. The van der Waals surface area contributed by atoms with Gasteiger partial charge in [-0.05, 0) is 54.1 Å². The largest absolute Gasteiger partial charge is 0.484 e. The maximum atomic E-state index is 12.5. The van der Waals surface area contributed by atoms with Gasteiger partial charge >= 0.3 is 0 Å². The van der Waals surface area contributed by atoms with Crippen molar-refractivity contribution >= 4 is 50.8 Å². The van der Waals surface area contributed by atoms with E-state index in [1.807, 2.05) is 49.4 Å². The number of para-hydroxylation sites is 1. The first-order valence-corrected chi connectivity index (χ1v) is 10.5. The minimum absolute atomic E-state index is 0.108. The molecule has 1 heterocycles. The maximum absolute atomic E-state index is 12.5. The Balaban J connectivity index is 1.49. The third-order valence-corrected chi connectivity index (χ3v) is 5.53. The van der Waals surface area contributed by atoms with Crippen LogP contribution in [0.15, 0.2) is 57.9 Å². The van der Waals surface area contributed by atoms with Crippen LogP contribution in [0.25, 0.3) is 6.08 Å². The first kappa shape index (κ1) is 21.1. The normalized spacial score (nSPS) is 15.1. The fourth-order valence-corrected chi connectivity index (χ4v) is 3.94. The van der Waals surface area contributed by atoms with Crippen molar-refractivity contribution in [3.05, 3.63) is 69.0 Å². The van der Waals surface area contributed by atoms with Crippen LogP contribution < -0.4 is 10.1 Å². The number of halogens is 1. The Kier molecular flexibility index (Phi) is 7.11. The summed E-state index contributed by atoms with van der Waals surface area (Å²) in [6, 6.07) is 14.9. The lowest BCUT2D eigenvalue weighted by Crippen LogP contribution is -2.38. The van der Waals surface area contributed by atoms with Gasteiger partial charge in [-0.2, -0.15) is 0 Å². The molecule has 0 saturated carbocycles. The van der Waals surface area contributed by atoms with Crippen molar-refractivity contribution in [2.45, 2.75) is 6.92 Å². The van der Waals surface area contributed by atoms with E-state index in [4.69, 9.17) is 4.74 Å². The molecular formula is C21H19BrN2O4S. The van der Waals surface area contributed by atoms with E-state index in [0.717, 1.165) is 32.3 Å². The van der Waals surface area contributed by atoms with Crippen molar-refractivity contribution in [3.63, 3.8) is 0 Å². The van der Waals surface area contributed by atoms with Crippen molar-refractivity contribution < 1.29 is 19.1 Å². The summed E-state index contributed by atoms with van der Waals surface area (Å²) in [5, 5.41) is 2.32. The third-order valence-electron chi connectivity index (χ3n) is 4.13. The maximum Gasteiger partial charge on any atom is 0.293 e. The number of carbonyl (C=O) groups is 3. The molecule has 2 aromatic rings. The molecule has 29 heavy (non-hydrogen) atoms. The van der Waals surface area contributed by atoms with Crippen LogP contribution in [-0.2, 0) is 9.59 Å². The summed E-state index contributed by atoms with van der Waals surface area (Å²) in [6.07, 6.45) is 1.68. The smallest absolute Gasteiger partial charge is 0.293 e. The van der Waals surface area contributed by atoms with E-state index in [1.54, 1.807) is 12.1 Å². The van der Waals surface area contributed by atoms with Gasteiger partial charge in [-0.25, -0.2) is 0 Å². The van der Waals surface area contributed by atoms with E-state index in [1.165, 1.54) is 0 Å². The molecule has 3 amide bonds. The number of thioether (sulfide) groups is 1. The van der Waals surface area contributed by atoms with Gasteiger partial charge in [0.15, 0.2) is 6.61 Å². The van der Waals surface area contributed by atoms with Gasteiger partial charge in [-0.1, -0.05) is 46.3 Å². The van der Waals surface area contributed by atoms with Crippen LogP contribution in [0.1, 0.15) is 11.1 Å². The second-order valence-corrected chi connectivity index (χ2v) is 8.20. The number of imide groups is 1. The van der Waals surface area contributed by atoms with Crippen molar-refractivity contribution in [2.24, 2.45) is 0 Å². The minimum atomic E-state index is -0.356. The number of hydrogen-bond donors (Lipinski definition) is 1. The molecule has 0 radical (unpaired) electrons. The van der Waals surface area contributed by atoms with Crippen LogP contribution >= 0.6 is 27.7 Å². The van der Waals surface area contributed by atoms with Gasteiger partial charge < -0.3 is 10.1 Å². The average Bonchev–Trinajstić information content (AvgIpc) is 2.95. The minimum Gasteiger partial charge on any atom is -0.484 e. The molecule has 1 saturated heterocycles. The highest BCUT2D eigenvalue weighted by Gasteiger charge is 2.34. The topological polar surface area (TPSA) is 75.7 Å². The van der Waals surface area contributed by atoms with Crippen LogP contribution in [0.4, 0.5) is 4.79 Å². The molecule has 3 rings (SSSR count). The van der Waals surface area contributed by atoms with E-state index in [2.05, 4.69) is 21.2 Å². The first-order chi connectivity index (χ1) is 13.9. The lowest BCUT2D eigenvalue weighted by atomic mass is 10.2. The van der Waals surface area contributed by atoms with Gasteiger partial charge in [0.2, 0.25) is 0 Å². The second-order valence-electron chi connectivity index (χ2n) is 6.29. The Morgan fingerprint density at radius 1 is 1.21 bits per heavy atom. The van der Waals surface area contributed by atoms with Crippen molar-refractivity contribution in [1.82, 2.24) is 10.2 Å². The highest BCUT2D eigenvalue weighted by Crippen LogP contribution is 2.32. The zero-order valence-electron chi connectivity index (χ0n) is 15.7. The van der Waals surface area contributed by atoms with Gasteiger partial charge in [0.25, 0.3) is 17.1 Å². The Labute approximate surface area is 181 Å². The van der Waals surface area contributed by atoms with Gasteiger partial charge in [-0.3, -0.25) is 19.3 Å². The second kappa shape index (κ2) is 9.76. The Morgan fingerprint density at radius 3 is 2.76 bits per heavy atom. The molecule has 150 valence electrons. The van der Waals surface area contributed by atoms with Crippen LogP contribution in [0.3, 0.4) is 0 Å². The predicted molar refractivity (Wildman–Crippen MR) is 117 cm³/mol. The number of rotatable bonds is 7. The molecule has 0 unspecified atom stereocenters. The van der Waals surface area contributed by atoms with Crippen LogP contribution in [0.2, 0.25) is 0 Å². The van der Waals surface area contributed by atoms with Crippen molar-refractivity contribution in [2.75, 3.05) is 19.7 Å². The summed E-state index contributed by atoms with van der Waals surface area (Å²) in [7, 11) is 0. The van der Waals surface area contributed by atoms with E-state index in [-0.39, 0.29) is 36.7 Å². The van der Waals surface area contributed by atoms with Gasteiger partial charge in [0, 0.05) is 17.6 Å². The standard InChI is InChI=1S/C21H19BrN2O4S/c1-14-5-2-3-8-17(14)28-13-19(25)23-9-10-24-20(26)18(29-21(24)27)12-15-6-4-7-16(22)11-15/h2-8,11-12H,9-10,13H2,1H3,(H,23,25). The summed E-state index contributed by atoms with van der Waals surface area (Å²) < 4.78 is 6.37. The molecule has 8 heteroatoms. The Hall–Kier alpha value is -2.58. The predicted octanol–water partition coefficient (Wildman–Crippen LogP) is 3.99. The molecule has 0 aliphatic carbocycles. The molecule has 0 spiro atoms. The summed E-state index contributed by atoms with van der Waals surface area (Å²) in [5.74, 6) is -0.0263. The van der Waals surface area contributed by atoms with Crippen molar-refractivity contribution in [3.8, 4) is 5.75 Å². The summed E-state index contributed by atoms with van der Waals surface area (Å²) >= 11 is 4.28. The molecule has 1 N–H and O–H groups in total. The number of amides is 3. The van der Waals surface area contributed by atoms with E-state index in [9.17, 15) is 14.4 Å². The molecule has 1 fully saturated rings. The summed E-state index contributed by atoms with van der Waals surface area (Å²) in [6.45, 7) is 2.04. The lowest BCUT2D eigenvalue weighted by molar-refractivity contribution is -0.125. The van der Waals surface area contributed by atoms with Crippen molar-refractivity contribution in [1.29, 1.82) is 0 Å². The lowest BCUT2D eigenvalue weighted by Gasteiger charge is -2.13. The van der Waals surface area contributed by atoms with Gasteiger partial charge in [0.05, 0.1) is 4.91 Å². The quantitative estimate of drug-likeness (QED) is 0.613. The summed E-state index contributed by atoms with van der Waals surface area (Å²) in [5.41, 5.74) is 1.77. The number of hydrogen-bond acceptors (Lipinski definition) is 5. The SMILES string of the molecule is Cc1ccccc1OCC(=O)NCCN1C(=O)SC(=Cc2cccc(Br)c2)C1=O. The van der Waals surface area contributed by atoms with Gasteiger partial charge in [-0.15, -0.1) is 0 Å². The van der Waals surface area contributed by atoms with Crippen LogP contribution in [0, 0.1) is 6.92 Å². The molecule has 0 aromatic heterocycles. The fraction of sp³-hybridized carbons (Fsp3) is 0.190. The number of ether oxygens (including phenoxy) is 1. The highest BCUT2D eigenvalue weighted by molar-refractivity contribution is 9.10. The molecule has 2 aromatic carbocycles. The number of benzene rings is 2. The fourth-order valence-electron chi connectivity index (χ4n) is 2.66. The average molecular weight is 475 g/mol. The third kappa shape index (κ3) is 5.71. The Morgan fingerprint density at radius 2 is 2.00 bits per heavy atom. The molecule has 0 atom stereocenters. The highest BCUT2D eigenvalue weighted by atomic mass is 79.9. The van der Waals surface area contributed by atoms with E-state index in [0.29, 0.717) is 10.7 Å². The number of nitrogens with one attached hydrogen (secondary N) is 1. The molecule has 6 nitrogen and oxygen atoms in total. The molecular weight excluding hydrogens is 456 g/mol. The van der Waals surface area contributed by atoms with Crippen LogP contribution in [0.5, 0.6) is 5.75 Å². The van der Waals surface area contributed by atoms with E-state index >= 15 is 0 Å². The molecule has 0 bridgehead atoms. The van der Waals surface area contributed by atoms with E-state index < -0.39 is 0 Å². The molecule has 1 aliphatic heterocycles. The zero-order chi connectivity index (χ0) is 20.8. The number of nitrogens with zero attached hydrogens (tertiary/aromatic N) is 1. The molecule has 1 aliphatic rings. The monoisotopic (exact) mass is 474 g/mol. The Bertz CT molecular complexity index is 977. The zero-order valence-corrected chi connectivity index (χ0v) is 18.1.